The molecule has 0 atom stereocenters. The molecule has 7 heteroatoms. The lowest BCUT2D eigenvalue weighted by atomic mass is 9.49. The minimum Gasteiger partial charge on any atom is -0.465 e. The molecule has 6 nitrogen and oxygen atoms in total. The molecule has 5 fully saturated rings. The first-order chi connectivity index (χ1) is 15.4. The molecule has 0 aromatic heterocycles. The van der Waals surface area contributed by atoms with Gasteiger partial charge in [0.1, 0.15) is 5.82 Å². The Morgan fingerprint density at radius 1 is 1.12 bits per heavy atom. The molecule has 6 rings (SSSR count). The summed E-state index contributed by atoms with van der Waals surface area (Å²) in [5, 5.41) is 0. The quantitative estimate of drug-likeness (QED) is 0.642. The van der Waals surface area contributed by atoms with Gasteiger partial charge in [-0.25, -0.2) is 14.0 Å². The highest BCUT2D eigenvalue weighted by Gasteiger charge is 2.51. The lowest BCUT2D eigenvalue weighted by Gasteiger charge is -2.58. The fourth-order valence-corrected chi connectivity index (χ4v) is 7.16. The Labute approximate surface area is 189 Å². The number of benzene rings is 1. The molecular formula is C25H33FN2O4. The van der Waals surface area contributed by atoms with Crippen LogP contribution in [-0.2, 0) is 16.0 Å². The van der Waals surface area contributed by atoms with Crippen LogP contribution in [0.2, 0.25) is 0 Å². The highest BCUT2D eigenvalue weighted by Crippen LogP contribution is 2.60. The van der Waals surface area contributed by atoms with Gasteiger partial charge in [-0.2, -0.15) is 0 Å². The van der Waals surface area contributed by atoms with Gasteiger partial charge in [-0.15, -0.1) is 0 Å². The van der Waals surface area contributed by atoms with Crippen LogP contribution in [0.5, 0.6) is 0 Å². The van der Waals surface area contributed by atoms with Crippen molar-refractivity contribution in [3.63, 3.8) is 0 Å². The molecule has 1 aromatic carbocycles. The van der Waals surface area contributed by atoms with Crippen molar-refractivity contribution in [3.8, 4) is 0 Å². The third-order valence-corrected chi connectivity index (χ3v) is 8.08. The number of halogens is 1. The molecule has 0 unspecified atom stereocenters. The van der Waals surface area contributed by atoms with Crippen LogP contribution >= 0.6 is 0 Å². The number of amides is 2. The monoisotopic (exact) mass is 444 g/mol. The van der Waals surface area contributed by atoms with Crippen molar-refractivity contribution in [3.05, 3.63) is 35.1 Å². The number of urea groups is 1. The zero-order valence-corrected chi connectivity index (χ0v) is 18.9. The maximum Gasteiger partial charge on any atom is 0.337 e. The van der Waals surface area contributed by atoms with E-state index in [0.717, 1.165) is 17.8 Å². The zero-order valence-electron chi connectivity index (χ0n) is 18.9. The van der Waals surface area contributed by atoms with Gasteiger partial charge in [-0.3, -0.25) is 0 Å². The van der Waals surface area contributed by atoms with Gasteiger partial charge in [-0.1, -0.05) is 6.07 Å². The van der Waals surface area contributed by atoms with E-state index in [2.05, 4.69) is 0 Å². The van der Waals surface area contributed by atoms with Gasteiger partial charge in [0.2, 0.25) is 0 Å². The molecule has 1 heterocycles. The molecule has 1 aromatic rings. The Bertz CT molecular complexity index is 847. The second-order valence-corrected chi connectivity index (χ2v) is 10.5. The Morgan fingerprint density at radius 2 is 1.75 bits per heavy atom. The zero-order chi connectivity index (χ0) is 22.3. The summed E-state index contributed by atoms with van der Waals surface area (Å²) in [5.41, 5.74) is 0.781. The summed E-state index contributed by atoms with van der Waals surface area (Å²) >= 11 is 0. The number of esters is 1. The van der Waals surface area contributed by atoms with Gasteiger partial charge in [0.25, 0.3) is 0 Å². The van der Waals surface area contributed by atoms with E-state index in [1.807, 2.05) is 9.80 Å². The van der Waals surface area contributed by atoms with Crippen LogP contribution in [0.1, 0.15) is 54.4 Å². The van der Waals surface area contributed by atoms with Crippen LogP contribution in [0.25, 0.3) is 0 Å². The Morgan fingerprint density at radius 3 is 2.31 bits per heavy atom. The van der Waals surface area contributed by atoms with Crippen LogP contribution in [0.3, 0.4) is 0 Å². The topological polar surface area (TPSA) is 59.1 Å². The lowest BCUT2D eigenvalue weighted by Crippen LogP contribution is -2.55. The first-order valence-electron chi connectivity index (χ1n) is 11.9. The van der Waals surface area contributed by atoms with Gasteiger partial charge in [-0.05, 0) is 73.8 Å². The third-order valence-electron chi connectivity index (χ3n) is 8.08. The number of hydrogen-bond acceptors (Lipinski definition) is 4. The van der Waals surface area contributed by atoms with Crippen molar-refractivity contribution in [2.75, 3.05) is 40.0 Å². The molecule has 2 amide bonds. The highest BCUT2D eigenvalue weighted by atomic mass is 19.1. The lowest BCUT2D eigenvalue weighted by molar-refractivity contribution is -0.0672. The van der Waals surface area contributed by atoms with Gasteiger partial charge in [0.05, 0.1) is 32.4 Å². The van der Waals surface area contributed by atoms with Crippen molar-refractivity contribution in [1.29, 1.82) is 0 Å². The molecule has 4 saturated carbocycles. The third kappa shape index (κ3) is 4.24. The van der Waals surface area contributed by atoms with E-state index >= 15 is 0 Å². The molecule has 5 aliphatic rings. The standard InChI is InChI=1S/C25H33FN2O4/c1-31-23(29)20-2-3-21(22(26)11-20)15-28(24(30)27-4-6-32-7-5-27)16-25-12-17-8-18(13-25)10-19(9-17)14-25/h2-3,11,17-19H,4-10,12-16H2,1H3. The fraction of sp³-hybridized carbons (Fsp3) is 0.680. The van der Waals surface area contributed by atoms with Crippen molar-refractivity contribution >= 4 is 12.0 Å². The summed E-state index contributed by atoms with van der Waals surface area (Å²) in [6, 6.07) is 4.37. The number of methoxy groups -OCH3 is 1. The number of morpholine rings is 1. The summed E-state index contributed by atoms with van der Waals surface area (Å²) in [5.74, 6) is 1.33. The van der Waals surface area contributed by atoms with E-state index in [1.165, 1.54) is 51.7 Å². The molecule has 1 aliphatic heterocycles. The second-order valence-electron chi connectivity index (χ2n) is 10.5. The smallest absolute Gasteiger partial charge is 0.337 e. The maximum absolute atomic E-state index is 14.9. The maximum atomic E-state index is 14.9. The first-order valence-corrected chi connectivity index (χ1v) is 11.9. The normalized spacial score (nSPS) is 30.9. The Balaban J connectivity index is 1.39. The van der Waals surface area contributed by atoms with Gasteiger partial charge < -0.3 is 19.3 Å². The average Bonchev–Trinajstić information content (AvgIpc) is 2.78. The second kappa shape index (κ2) is 8.65. The number of ether oxygens (including phenoxy) is 2. The predicted molar refractivity (Wildman–Crippen MR) is 117 cm³/mol. The summed E-state index contributed by atoms with van der Waals surface area (Å²) in [7, 11) is 1.28. The SMILES string of the molecule is COC(=O)c1ccc(CN(CC23CC4CC(CC(C4)C2)C3)C(=O)N2CCOCC2)c(F)c1. The molecule has 0 spiro atoms. The van der Waals surface area contributed by atoms with Crippen LogP contribution in [0.15, 0.2) is 18.2 Å². The summed E-state index contributed by atoms with van der Waals surface area (Å²) in [6.45, 7) is 3.12. The first kappa shape index (κ1) is 21.7. The van der Waals surface area contributed by atoms with E-state index in [1.54, 1.807) is 12.1 Å². The molecule has 4 bridgehead atoms. The average molecular weight is 445 g/mol. The van der Waals surface area contributed by atoms with Crippen molar-refractivity contribution in [2.24, 2.45) is 23.2 Å². The highest BCUT2D eigenvalue weighted by molar-refractivity contribution is 5.89. The summed E-state index contributed by atoms with van der Waals surface area (Å²) < 4.78 is 25.1. The fourth-order valence-electron chi connectivity index (χ4n) is 7.16. The number of hydrogen-bond donors (Lipinski definition) is 0. The molecule has 1 saturated heterocycles. The van der Waals surface area contributed by atoms with Crippen LogP contribution < -0.4 is 0 Å². The minimum absolute atomic E-state index is 0.0273. The predicted octanol–water partition coefficient (Wildman–Crippen LogP) is 4.08. The van der Waals surface area contributed by atoms with E-state index < -0.39 is 11.8 Å². The molecule has 0 N–H and O–H groups in total. The molecule has 4 aliphatic carbocycles. The van der Waals surface area contributed by atoms with E-state index in [0.29, 0.717) is 38.4 Å². The van der Waals surface area contributed by atoms with Gasteiger partial charge in [0, 0.05) is 25.2 Å². The van der Waals surface area contributed by atoms with Crippen molar-refractivity contribution in [2.45, 2.75) is 45.1 Å². The van der Waals surface area contributed by atoms with E-state index in [9.17, 15) is 14.0 Å². The largest absolute Gasteiger partial charge is 0.465 e. The number of rotatable bonds is 5. The molecule has 32 heavy (non-hydrogen) atoms. The number of carbonyl (C=O) groups is 2. The minimum atomic E-state index is -0.565. The summed E-state index contributed by atoms with van der Waals surface area (Å²) in [6.07, 6.45) is 7.61. The van der Waals surface area contributed by atoms with Crippen LogP contribution in [-0.4, -0.2) is 61.8 Å². The van der Waals surface area contributed by atoms with Crippen molar-refractivity contribution in [1.82, 2.24) is 9.80 Å². The van der Waals surface area contributed by atoms with Crippen molar-refractivity contribution < 1.29 is 23.5 Å². The van der Waals surface area contributed by atoms with Gasteiger partial charge >= 0.3 is 12.0 Å². The molecule has 0 radical (unpaired) electrons. The van der Waals surface area contributed by atoms with Crippen LogP contribution in [0.4, 0.5) is 9.18 Å². The van der Waals surface area contributed by atoms with Gasteiger partial charge in [0.15, 0.2) is 0 Å². The van der Waals surface area contributed by atoms with E-state index in [4.69, 9.17) is 9.47 Å². The Hall–Kier alpha value is -2.15. The van der Waals surface area contributed by atoms with Crippen LogP contribution in [0, 0.1) is 29.0 Å². The summed E-state index contributed by atoms with van der Waals surface area (Å²) in [4.78, 5) is 29.0. The molecule has 174 valence electrons. The Kier molecular flexibility index (Phi) is 5.86. The van der Waals surface area contributed by atoms with E-state index in [-0.39, 0.29) is 23.6 Å². The number of nitrogens with zero attached hydrogens (tertiary/aromatic N) is 2. The number of carbonyl (C=O) groups excluding carboxylic acids is 2. The molecular weight excluding hydrogens is 411 g/mol.